The Morgan fingerprint density at radius 1 is 1.19 bits per heavy atom. The number of ether oxygens (including phenoxy) is 1. The Hall–Kier alpha value is -1.33. The van der Waals surface area contributed by atoms with E-state index < -0.39 is 5.82 Å². The molecule has 4 nitrogen and oxygen atoms in total. The first kappa shape index (κ1) is 20.4. The molecule has 3 rings (SSSR count). The number of rotatable bonds is 7. The number of hydrogen-bond donors (Lipinski definition) is 1. The molecule has 0 spiro atoms. The average Bonchev–Trinajstić information content (AvgIpc) is 2.65. The highest BCUT2D eigenvalue weighted by Crippen LogP contribution is 2.35. The van der Waals surface area contributed by atoms with Gasteiger partial charge in [-0.2, -0.15) is 0 Å². The molecular formula is C21H30ClFN2O2. The fourth-order valence-corrected chi connectivity index (χ4v) is 4.70. The van der Waals surface area contributed by atoms with Crippen LogP contribution in [-0.4, -0.2) is 36.5 Å². The predicted octanol–water partition coefficient (Wildman–Crippen LogP) is 4.39. The number of piperidine rings is 1. The SMILES string of the molecule is NC(=O)CC1CCCCC1CCN1CCC(Oc2ccc(F)c(Cl)c2)CC1. The minimum absolute atomic E-state index is 0.0999. The number of amides is 1. The van der Waals surface area contributed by atoms with Crippen molar-refractivity contribution in [3.63, 3.8) is 0 Å². The third-order valence-electron chi connectivity index (χ3n) is 6.07. The predicted molar refractivity (Wildman–Crippen MR) is 105 cm³/mol. The third kappa shape index (κ3) is 6.08. The molecule has 1 heterocycles. The van der Waals surface area contributed by atoms with Crippen molar-refractivity contribution in [1.29, 1.82) is 0 Å². The van der Waals surface area contributed by atoms with E-state index in [1.165, 1.54) is 25.3 Å². The maximum Gasteiger partial charge on any atom is 0.217 e. The maximum absolute atomic E-state index is 13.2. The molecule has 2 atom stereocenters. The Bertz CT molecular complexity index is 635. The molecule has 1 saturated carbocycles. The molecule has 1 aliphatic heterocycles. The molecular weight excluding hydrogens is 367 g/mol. The van der Waals surface area contributed by atoms with E-state index in [0.717, 1.165) is 45.3 Å². The first-order valence-corrected chi connectivity index (χ1v) is 10.5. The smallest absolute Gasteiger partial charge is 0.217 e. The number of hydrogen-bond acceptors (Lipinski definition) is 3. The molecule has 1 aromatic rings. The fourth-order valence-electron chi connectivity index (χ4n) is 4.53. The van der Waals surface area contributed by atoms with Gasteiger partial charge in [-0.25, -0.2) is 4.39 Å². The van der Waals surface area contributed by atoms with Crippen molar-refractivity contribution in [3.05, 3.63) is 29.0 Å². The number of halogens is 2. The summed E-state index contributed by atoms with van der Waals surface area (Å²) in [6.45, 7) is 3.09. The minimum atomic E-state index is -0.420. The van der Waals surface area contributed by atoms with Crippen molar-refractivity contribution >= 4 is 17.5 Å². The lowest BCUT2D eigenvalue weighted by Gasteiger charge is -2.35. The highest BCUT2D eigenvalue weighted by molar-refractivity contribution is 6.30. The van der Waals surface area contributed by atoms with Crippen molar-refractivity contribution in [3.8, 4) is 5.75 Å². The van der Waals surface area contributed by atoms with Gasteiger partial charge < -0.3 is 15.4 Å². The molecule has 2 fully saturated rings. The van der Waals surface area contributed by atoms with Crippen LogP contribution in [0.3, 0.4) is 0 Å². The summed E-state index contributed by atoms with van der Waals surface area (Å²) in [7, 11) is 0. The number of nitrogens with two attached hydrogens (primary N) is 1. The molecule has 0 bridgehead atoms. The van der Waals surface area contributed by atoms with Crippen LogP contribution >= 0.6 is 11.6 Å². The van der Waals surface area contributed by atoms with E-state index in [-0.39, 0.29) is 17.0 Å². The maximum atomic E-state index is 13.2. The average molecular weight is 397 g/mol. The van der Waals surface area contributed by atoms with Gasteiger partial charge in [0.25, 0.3) is 0 Å². The molecule has 2 N–H and O–H groups in total. The summed E-state index contributed by atoms with van der Waals surface area (Å²) in [5.74, 6) is 1.15. The van der Waals surface area contributed by atoms with Gasteiger partial charge in [0.05, 0.1) is 5.02 Å². The standard InChI is InChI=1S/C21H30ClFN2O2/c22-19-14-18(5-6-20(19)23)27-17-8-11-25(12-9-17)10-7-15-3-1-2-4-16(15)13-21(24)26/h5-6,14-17H,1-4,7-13H2,(H2,24,26). The van der Waals surface area contributed by atoms with E-state index in [9.17, 15) is 9.18 Å². The Morgan fingerprint density at radius 2 is 1.89 bits per heavy atom. The summed E-state index contributed by atoms with van der Waals surface area (Å²) in [5.41, 5.74) is 5.43. The Balaban J connectivity index is 1.41. The van der Waals surface area contributed by atoms with Crippen molar-refractivity contribution < 1.29 is 13.9 Å². The van der Waals surface area contributed by atoms with Crippen LogP contribution in [0, 0.1) is 17.7 Å². The monoisotopic (exact) mass is 396 g/mol. The lowest BCUT2D eigenvalue weighted by molar-refractivity contribution is -0.119. The van der Waals surface area contributed by atoms with E-state index in [4.69, 9.17) is 22.1 Å². The molecule has 0 aromatic heterocycles. The fraction of sp³-hybridized carbons (Fsp3) is 0.667. The van der Waals surface area contributed by atoms with Crippen LogP contribution in [0.15, 0.2) is 18.2 Å². The number of carbonyl (C=O) groups is 1. The molecule has 1 aliphatic carbocycles. The Labute approximate surface area is 166 Å². The topological polar surface area (TPSA) is 55.6 Å². The quantitative estimate of drug-likeness (QED) is 0.743. The first-order valence-electron chi connectivity index (χ1n) is 10.1. The molecule has 6 heteroatoms. The van der Waals surface area contributed by atoms with E-state index >= 15 is 0 Å². The molecule has 1 saturated heterocycles. The number of likely N-dealkylation sites (tertiary alicyclic amines) is 1. The third-order valence-corrected chi connectivity index (χ3v) is 6.36. The van der Waals surface area contributed by atoms with Crippen LogP contribution in [0.5, 0.6) is 5.75 Å². The van der Waals surface area contributed by atoms with Gasteiger partial charge in [-0.15, -0.1) is 0 Å². The van der Waals surface area contributed by atoms with E-state index in [0.29, 0.717) is 24.0 Å². The van der Waals surface area contributed by atoms with Gasteiger partial charge in [-0.05, 0) is 56.2 Å². The zero-order valence-corrected chi connectivity index (χ0v) is 16.6. The second-order valence-corrected chi connectivity index (χ2v) is 8.41. The molecule has 1 aromatic carbocycles. The lowest BCUT2D eigenvalue weighted by atomic mass is 9.75. The van der Waals surface area contributed by atoms with Crippen molar-refractivity contribution in [1.82, 2.24) is 4.90 Å². The summed E-state index contributed by atoms with van der Waals surface area (Å²) in [6, 6.07) is 4.53. The van der Waals surface area contributed by atoms with Gasteiger partial charge in [0.1, 0.15) is 17.7 Å². The first-order chi connectivity index (χ1) is 13.0. The summed E-state index contributed by atoms with van der Waals surface area (Å²) in [5, 5.41) is 0.0999. The second kappa shape index (κ2) is 9.74. The summed E-state index contributed by atoms with van der Waals surface area (Å²) < 4.78 is 19.2. The largest absolute Gasteiger partial charge is 0.490 e. The Kier molecular flexibility index (Phi) is 7.36. The number of primary amides is 1. The number of nitrogens with zero attached hydrogens (tertiary/aromatic N) is 1. The Morgan fingerprint density at radius 3 is 2.56 bits per heavy atom. The number of carbonyl (C=O) groups excluding carboxylic acids is 1. The van der Waals surface area contributed by atoms with Crippen molar-refractivity contribution in [2.45, 2.75) is 57.5 Å². The second-order valence-electron chi connectivity index (χ2n) is 8.00. The highest BCUT2D eigenvalue weighted by Gasteiger charge is 2.28. The van der Waals surface area contributed by atoms with Gasteiger partial charge >= 0.3 is 0 Å². The van der Waals surface area contributed by atoms with Crippen LogP contribution in [0.2, 0.25) is 5.02 Å². The lowest BCUT2D eigenvalue weighted by Crippen LogP contribution is -2.39. The molecule has 1 amide bonds. The molecule has 0 radical (unpaired) electrons. The van der Waals surface area contributed by atoms with E-state index in [2.05, 4.69) is 4.90 Å². The molecule has 2 aliphatic rings. The van der Waals surface area contributed by atoms with Gasteiger partial charge in [0.15, 0.2) is 0 Å². The number of benzene rings is 1. The van der Waals surface area contributed by atoms with Crippen molar-refractivity contribution in [2.24, 2.45) is 17.6 Å². The van der Waals surface area contributed by atoms with Crippen LogP contribution in [0.25, 0.3) is 0 Å². The normalized spacial score (nSPS) is 24.7. The van der Waals surface area contributed by atoms with Gasteiger partial charge in [-0.3, -0.25) is 4.79 Å². The molecule has 2 unspecified atom stereocenters. The van der Waals surface area contributed by atoms with E-state index in [1.807, 2.05) is 0 Å². The highest BCUT2D eigenvalue weighted by atomic mass is 35.5. The van der Waals surface area contributed by atoms with Crippen LogP contribution < -0.4 is 10.5 Å². The van der Waals surface area contributed by atoms with Gasteiger partial charge in [0.2, 0.25) is 5.91 Å². The summed E-state index contributed by atoms with van der Waals surface area (Å²) in [4.78, 5) is 13.8. The van der Waals surface area contributed by atoms with Gasteiger partial charge in [0, 0.05) is 25.6 Å². The van der Waals surface area contributed by atoms with E-state index in [1.54, 1.807) is 12.1 Å². The molecule has 27 heavy (non-hydrogen) atoms. The van der Waals surface area contributed by atoms with Crippen LogP contribution in [0.1, 0.15) is 51.4 Å². The summed E-state index contributed by atoms with van der Waals surface area (Å²) >= 11 is 5.82. The zero-order chi connectivity index (χ0) is 19.2. The van der Waals surface area contributed by atoms with Crippen molar-refractivity contribution in [2.75, 3.05) is 19.6 Å². The van der Waals surface area contributed by atoms with Crippen LogP contribution in [-0.2, 0) is 4.79 Å². The van der Waals surface area contributed by atoms with Crippen LogP contribution in [0.4, 0.5) is 4.39 Å². The van der Waals surface area contributed by atoms with Gasteiger partial charge in [-0.1, -0.05) is 30.9 Å². The minimum Gasteiger partial charge on any atom is -0.490 e. The zero-order valence-electron chi connectivity index (χ0n) is 15.8. The molecule has 150 valence electrons. The summed E-state index contributed by atoms with van der Waals surface area (Å²) in [6.07, 6.45) is 8.64.